The SMILES string of the molecule is C=CCC1N(C(=O)c2cnccc2C(F)(F)F)CCC[C@@]1(Oc1ccc(C(F)(F)F)cc1)C(=O)N1CCN(c2ccccc2OCCOC)CC1.CCCC1N(C(=O)c2cnccc2C(F)(F)F)CCC[C@@]1(Oc1ccc(C(F)(F)F)cc1)C(=O)N1CCN(c2ccccc2OCCOC)CC1.O=C(c1cnccc1C(F)(F)F)N1CCCC(Oc2ccc(C(F)(F)F)cc2)(C(=O)N2CCN(c3ccccn3)CC2)C1. The number of rotatable bonds is 27. The minimum Gasteiger partial charge on any atom is -0.489 e. The second-order valence-corrected chi connectivity index (χ2v) is 34.9. The Kier molecular flexibility index (Phi) is 34.9. The molecule has 6 aliphatic rings. The molecule has 778 valence electrons. The summed E-state index contributed by atoms with van der Waals surface area (Å²) in [5.41, 5.74) is -12.1. The Hall–Kier alpha value is -13.7. The average molecular weight is 2050 g/mol. The first kappa shape index (κ1) is 109. The van der Waals surface area contributed by atoms with Crippen molar-refractivity contribution >= 4 is 52.6 Å². The van der Waals surface area contributed by atoms with Gasteiger partial charge in [-0.2, -0.15) is 79.0 Å². The van der Waals surface area contributed by atoms with Crippen molar-refractivity contribution in [3.8, 4) is 28.7 Å². The van der Waals surface area contributed by atoms with E-state index in [9.17, 15) is 108 Å². The van der Waals surface area contributed by atoms with E-state index in [0.29, 0.717) is 95.7 Å². The molecular formula is C101H105F18N13O13. The molecule has 4 aromatic heterocycles. The van der Waals surface area contributed by atoms with Gasteiger partial charge in [-0.15, -0.1) is 6.58 Å². The van der Waals surface area contributed by atoms with Crippen molar-refractivity contribution in [2.24, 2.45) is 0 Å². The van der Waals surface area contributed by atoms with Crippen LogP contribution in [0.5, 0.6) is 28.7 Å². The van der Waals surface area contributed by atoms with E-state index in [0.717, 1.165) is 138 Å². The van der Waals surface area contributed by atoms with Crippen molar-refractivity contribution < 1.29 is 141 Å². The third-order valence-electron chi connectivity index (χ3n) is 25.8. The van der Waals surface area contributed by atoms with Crippen molar-refractivity contribution in [2.75, 3.05) is 160 Å². The Bertz CT molecular complexity index is 5890. The van der Waals surface area contributed by atoms with Crippen molar-refractivity contribution in [1.82, 2.24) is 49.3 Å². The molecule has 0 saturated carbocycles. The standard InChI is InChI=1S/C36H40F6N4O5.C36H38F6N4O5.C29H27F6N5O3/c2*1-3-7-31-34(51-26-12-10-25(11-13-26)35(37,38)39,15-6-17-46(31)32(47)27-24-43-16-14-28(27)36(40,41)42)33(48)45-20-18-44(19-21-45)29-8-4-5-9-30(29)50-23-22-49-2;30-28(31,32)20-5-7-21(8-6-20)43-27(26(42)39-16-14-38(15-17-39)24-4-1-2-11-37-24)10-3-13-40(19-27)25(41)22-18-36-12-9-23(22)29(33,34)35/h4-5,8-14,16,24,31H,3,6-7,15,17-23H2,1-2H3;3-5,8-14,16,24,31H,1,6-7,15,17-23H2,2H3;1-2,4-9,11-12,18H,3,10,13-17,19H2/t2*31?,34-;/m00./s1. The van der Waals surface area contributed by atoms with Crippen molar-refractivity contribution in [1.29, 1.82) is 0 Å². The number of alkyl halides is 18. The maximum atomic E-state index is 14.8. The lowest BCUT2D eigenvalue weighted by molar-refractivity contribution is -0.160. The van der Waals surface area contributed by atoms with Gasteiger partial charge in [0, 0.05) is 169 Å². The number of ether oxygens (including phenoxy) is 7. The largest absolute Gasteiger partial charge is 0.489 e. The van der Waals surface area contributed by atoms with Crippen LogP contribution in [0.3, 0.4) is 0 Å². The second kappa shape index (κ2) is 46.6. The zero-order valence-corrected chi connectivity index (χ0v) is 78.9. The van der Waals surface area contributed by atoms with E-state index in [4.69, 9.17) is 33.2 Å². The maximum Gasteiger partial charge on any atom is 0.417 e. The number of piperidine rings is 3. The normalized spacial score (nSPS) is 19.8. The fourth-order valence-electron chi connectivity index (χ4n) is 18.8. The number of carbonyl (C=O) groups excluding carboxylic acids is 6. The molecule has 3 unspecified atom stereocenters. The van der Waals surface area contributed by atoms with Crippen molar-refractivity contribution in [3.05, 3.63) is 264 Å². The number of pyridine rings is 4. The van der Waals surface area contributed by atoms with Crippen LogP contribution in [-0.2, 0) is 60.9 Å². The number of para-hydroxylation sites is 4. The van der Waals surface area contributed by atoms with Gasteiger partial charge in [-0.1, -0.05) is 49.8 Å². The van der Waals surface area contributed by atoms with Gasteiger partial charge in [0.05, 0.1) is 93.3 Å². The molecule has 0 spiro atoms. The molecule has 9 aromatic rings. The van der Waals surface area contributed by atoms with E-state index >= 15 is 0 Å². The first-order valence-corrected chi connectivity index (χ1v) is 46.6. The molecule has 0 radical (unpaired) electrons. The number of halogens is 18. The average Bonchev–Trinajstić information content (AvgIpc) is 0.770. The number of hydrogen-bond donors (Lipinski definition) is 0. The van der Waals surface area contributed by atoms with E-state index in [-0.39, 0.29) is 128 Å². The van der Waals surface area contributed by atoms with Gasteiger partial charge in [-0.05, 0) is 166 Å². The lowest BCUT2D eigenvalue weighted by Crippen LogP contribution is -2.69. The number of aromatic nitrogens is 4. The highest BCUT2D eigenvalue weighted by Crippen LogP contribution is 2.47. The molecule has 6 amide bonds. The summed E-state index contributed by atoms with van der Waals surface area (Å²) in [7, 11) is 3.14. The Labute approximate surface area is 822 Å². The first-order chi connectivity index (χ1) is 69.0. The van der Waals surface area contributed by atoms with Crippen molar-refractivity contribution in [2.45, 2.75) is 131 Å². The second-order valence-electron chi connectivity index (χ2n) is 34.9. The highest BCUT2D eigenvalue weighted by molar-refractivity contribution is 5.99. The number of amides is 6. The van der Waals surface area contributed by atoms with Crippen LogP contribution in [0.4, 0.5) is 96.2 Å². The van der Waals surface area contributed by atoms with Crippen LogP contribution in [0.15, 0.2) is 214 Å². The third kappa shape index (κ3) is 25.8. The van der Waals surface area contributed by atoms with Crippen LogP contribution in [0, 0.1) is 0 Å². The van der Waals surface area contributed by atoms with Crippen molar-refractivity contribution in [3.63, 3.8) is 0 Å². The monoisotopic (exact) mass is 2050 g/mol. The third-order valence-corrected chi connectivity index (χ3v) is 25.8. The van der Waals surface area contributed by atoms with E-state index < -0.39 is 158 Å². The fourth-order valence-corrected chi connectivity index (χ4v) is 18.8. The lowest BCUT2D eigenvalue weighted by atomic mass is 9.79. The minimum absolute atomic E-state index is 0.0113. The number of hydrogen-bond acceptors (Lipinski definition) is 20. The van der Waals surface area contributed by atoms with Gasteiger partial charge in [0.25, 0.3) is 35.4 Å². The molecule has 0 bridgehead atoms. The Morgan fingerprint density at radius 3 is 1.12 bits per heavy atom. The summed E-state index contributed by atoms with van der Waals surface area (Å²) in [6.07, 6.45) is -18.7. The summed E-state index contributed by atoms with van der Waals surface area (Å²) >= 11 is 0. The van der Waals surface area contributed by atoms with Gasteiger partial charge in [-0.25, -0.2) is 4.98 Å². The molecule has 145 heavy (non-hydrogen) atoms. The van der Waals surface area contributed by atoms with Crippen LogP contribution < -0.4 is 38.4 Å². The van der Waals surface area contributed by atoms with Gasteiger partial charge in [0.15, 0.2) is 0 Å². The van der Waals surface area contributed by atoms with Crippen LogP contribution in [-0.4, -0.2) is 259 Å². The van der Waals surface area contributed by atoms with E-state index in [1.807, 2.05) is 70.5 Å². The fraction of sp³-hybridized carbons (Fsp3) is 0.426. The summed E-state index contributed by atoms with van der Waals surface area (Å²) in [6.45, 7) is 10.6. The number of piperazine rings is 3. The van der Waals surface area contributed by atoms with Gasteiger partial charge < -0.3 is 77.3 Å². The van der Waals surface area contributed by atoms with Crippen LogP contribution >= 0.6 is 0 Å². The topological polar surface area (TPSA) is 248 Å². The number of nitrogens with zero attached hydrogens (tertiary/aromatic N) is 13. The molecule has 6 fully saturated rings. The number of anilines is 3. The molecule has 15 rings (SSSR count). The zero-order chi connectivity index (χ0) is 104. The van der Waals surface area contributed by atoms with Crippen LogP contribution in [0.1, 0.15) is 129 Å². The smallest absolute Gasteiger partial charge is 0.417 e. The van der Waals surface area contributed by atoms with Crippen LogP contribution in [0.25, 0.3) is 0 Å². The molecule has 5 atom stereocenters. The Morgan fingerprint density at radius 2 is 0.745 bits per heavy atom. The summed E-state index contributed by atoms with van der Waals surface area (Å²) in [5, 5.41) is 0. The quantitative estimate of drug-likeness (QED) is 0.0264. The maximum absolute atomic E-state index is 14.8. The summed E-state index contributed by atoms with van der Waals surface area (Å²) in [6, 6.07) is 31.8. The summed E-state index contributed by atoms with van der Waals surface area (Å²) in [5.74, 6) is -2.63. The predicted octanol–water partition coefficient (Wildman–Crippen LogP) is 18.1. The molecule has 0 N–H and O–H groups in total. The molecule has 6 saturated heterocycles. The van der Waals surface area contributed by atoms with Gasteiger partial charge in [0.1, 0.15) is 47.8 Å². The number of likely N-dealkylation sites (tertiary alicyclic amines) is 3. The molecular weight excluding hydrogens is 1950 g/mol. The number of benzene rings is 5. The van der Waals surface area contributed by atoms with Crippen LogP contribution in [0.2, 0.25) is 0 Å². The van der Waals surface area contributed by atoms with Gasteiger partial charge >= 0.3 is 37.1 Å². The summed E-state index contributed by atoms with van der Waals surface area (Å²) < 4.78 is 286. The lowest BCUT2D eigenvalue weighted by Gasteiger charge is -2.51. The van der Waals surface area contributed by atoms with E-state index in [2.05, 4.69) is 31.4 Å². The van der Waals surface area contributed by atoms with E-state index in [1.54, 1.807) is 48.1 Å². The Balaban J connectivity index is 0.000000183. The highest BCUT2D eigenvalue weighted by atomic mass is 19.4. The zero-order valence-electron chi connectivity index (χ0n) is 78.9. The highest BCUT2D eigenvalue weighted by Gasteiger charge is 2.59. The number of methoxy groups -OCH3 is 2. The van der Waals surface area contributed by atoms with E-state index in [1.165, 1.54) is 15.9 Å². The molecule has 6 aliphatic heterocycles. The predicted molar refractivity (Wildman–Crippen MR) is 493 cm³/mol. The van der Waals surface area contributed by atoms with Gasteiger partial charge in [-0.3, -0.25) is 43.7 Å². The first-order valence-electron chi connectivity index (χ1n) is 46.6. The number of carbonyl (C=O) groups is 6. The summed E-state index contributed by atoms with van der Waals surface area (Å²) in [4.78, 5) is 115. The molecule has 0 aliphatic carbocycles. The Morgan fingerprint density at radius 1 is 0.379 bits per heavy atom. The minimum atomic E-state index is -4.87. The molecule has 26 nitrogen and oxygen atoms in total. The molecule has 5 aromatic carbocycles. The van der Waals surface area contributed by atoms with Gasteiger partial charge in [0.2, 0.25) is 16.8 Å². The molecule has 44 heteroatoms. The molecule has 10 heterocycles.